The minimum absolute atomic E-state index is 0.647. The van der Waals surface area contributed by atoms with Crippen LogP contribution in [0.4, 0.5) is 0 Å². The van der Waals surface area contributed by atoms with Gasteiger partial charge in [-0.05, 0) is 44.7 Å². The molecule has 0 spiro atoms. The molecule has 0 amide bonds. The molecule has 4 heteroatoms. The summed E-state index contributed by atoms with van der Waals surface area (Å²) in [4.78, 5) is 8.57. The van der Waals surface area contributed by atoms with Crippen LogP contribution in [0.1, 0.15) is 43.7 Å². The zero-order valence-electron chi connectivity index (χ0n) is 10.8. The van der Waals surface area contributed by atoms with Crippen molar-refractivity contribution in [1.29, 1.82) is 0 Å². The van der Waals surface area contributed by atoms with Crippen LogP contribution in [0.25, 0.3) is 0 Å². The molecule has 3 rings (SSSR count). The van der Waals surface area contributed by atoms with E-state index >= 15 is 0 Å². The second kappa shape index (κ2) is 5.65. The molecule has 1 aromatic heterocycles. The largest absolute Gasteiger partial charge is 0.477 e. The molecule has 98 valence electrons. The van der Waals surface area contributed by atoms with Crippen molar-refractivity contribution in [2.45, 2.75) is 38.0 Å². The number of nitrogens with zero attached hydrogens (tertiary/aromatic N) is 2. The molecular weight excluding hydrogens is 226 g/mol. The molecule has 0 radical (unpaired) electrons. The number of aromatic nitrogens is 2. The van der Waals surface area contributed by atoms with Crippen molar-refractivity contribution in [3.63, 3.8) is 0 Å². The Hall–Kier alpha value is -1.16. The van der Waals surface area contributed by atoms with Crippen LogP contribution in [0.2, 0.25) is 0 Å². The van der Waals surface area contributed by atoms with Crippen LogP contribution in [0.5, 0.6) is 5.88 Å². The number of rotatable bonds is 4. The monoisotopic (exact) mass is 247 g/mol. The molecule has 1 aliphatic heterocycles. The first kappa shape index (κ1) is 11.9. The van der Waals surface area contributed by atoms with E-state index in [0.717, 1.165) is 31.3 Å². The molecule has 0 atom stereocenters. The topological polar surface area (TPSA) is 47.0 Å². The maximum Gasteiger partial charge on any atom is 0.216 e. The van der Waals surface area contributed by atoms with Crippen LogP contribution in [-0.2, 0) is 0 Å². The van der Waals surface area contributed by atoms with E-state index in [4.69, 9.17) is 4.74 Å². The minimum Gasteiger partial charge on any atom is -0.477 e. The Bertz CT molecular complexity index is 386. The van der Waals surface area contributed by atoms with Gasteiger partial charge in [-0.1, -0.05) is 6.42 Å². The quantitative estimate of drug-likeness (QED) is 0.885. The maximum absolute atomic E-state index is 5.83. The minimum atomic E-state index is 0.647. The molecule has 1 saturated heterocycles. The van der Waals surface area contributed by atoms with Gasteiger partial charge < -0.3 is 10.1 Å². The average Bonchev–Trinajstić information content (AvgIpc) is 2.36. The molecule has 0 unspecified atom stereocenters. The van der Waals surface area contributed by atoms with Crippen LogP contribution in [0, 0.1) is 5.92 Å². The van der Waals surface area contributed by atoms with E-state index in [0.29, 0.717) is 11.8 Å². The van der Waals surface area contributed by atoms with E-state index in [1.165, 1.54) is 32.1 Å². The van der Waals surface area contributed by atoms with Crippen LogP contribution < -0.4 is 10.1 Å². The highest BCUT2D eigenvalue weighted by molar-refractivity contribution is 5.18. The first-order valence-corrected chi connectivity index (χ1v) is 7.07. The third-order valence-corrected chi connectivity index (χ3v) is 4.11. The van der Waals surface area contributed by atoms with Crippen LogP contribution in [0.15, 0.2) is 12.4 Å². The number of hydrogen-bond acceptors (Lipinski definition) is 4. The molecule has 18 heavy (non-hydrogen) atoms. The first-order valence-electron chi connectivity index (χ1n) is 7.07. The lowest BCUT2D eigenvalue weighted by molar-refractivity contribution is 0.208. The summed E-state index contributed by atoms with van der Waals surface area (Å²) in [6.45, 7) is 3.03. The van der Waals surface area contributed by atoms with E-state index in [1.807, 2.05) is 6.07 Å². The smallest absolute Gasteiger partial charge is 0.216 e. The van der Waals surface area contributed by atoms with Crippen molar-refractivity contribution < 1.29 is 4.74 Å². The zero-order valence-corrected chi connectivity index (χ0v) is 10.8. The predicted octanol–water partition coefficient (Wildman–Crippen LogP) is 2.12. The zero-order chi connectivity index (χ0) is 12.2. The first-order chi connectivity index (χ1) is 8.92. The Morgan fingerprint density at radius 3 is 2.72 bits per heavy atom. The number of nitrogens with one attached hydrogen (secondary N) is 1. The molecule has 1 aliphatic carbocycles. The van der Waals surface area contributed by atoms with Crippen LogP contribution >= 0.6 is 0 Å². The Morgan fingerprint density at radius 2 is 2.00 bits per heavy atom. The highest BCUT2D eigenvalue weighted by atomic mass is 16.5. The average molecular weight is 247 g/mol. The van der Waals surface area contributed by atoms with Gasteiger partial charge >= 0.3 is 0 Å². The Morgan fingerprint density at radius 1 is 1.17 bits per heavy atom. The van der Waals surface area contributed by atoms with Gasteiger partial charge in [-0.2, -0.15) is 0 Å². The van der Waals surface area contributed by atoms with Gasteiger partial charge in [0.15, 0.2) is 0 Å². The highest BCUT2D eigenvalue weighted by Crippen LogP contribution is 2.35. The van der Waals surface area contributed by atoms with E-state index in [2.05, 4.69) is 15.3 Å². The maximum atomic E-state index is 5.83. The van der Waals surface area contributed by atoms with Gasteiger partial charge in [-0.3, -0.25) is 0 Å². The SMILES string of the molecule is c1nc(OCC2CCNCC2)cc(C2CCC2)n1. The van der Waals surface area contributed by atoms with Gasteiger partial charge in [0.05, 0.1) is 12.3 Å². The lowest BCUT2D eigenvalue weighted by Crippen LogP contribution is -2.30. The Labute approximate surface area is 108 Å². The van der Waals surface area contributed by atoms with E-state index in [9.17, 15) is 0 Å². The summed E-state index contributed by atoms with van der Waals surface area (Å²) in [6, 6.07) is 2.03. The Balaban J connectivity index is 1.54. The van der Waals surface area contributed by atoms with E-state index in [-0.39, 0.29) is 0 Å². The number of ether oxygens (including phenoxy) is 1. The van der Waals surface area contributed by atoms with Crippen molar-refractivity contribution in [2.24, 2.45) is 5.92 Å². The number of hydrogen-bond donors (Lipinski definition) is 1. The van der Waals surface area contributed by atoms with Crippen molar-refractivity contribution in [3.05, 3.63) is 18.1 Å². The normalized spacial score (nSPS) is 21.6. The van der Waals surface area contributed by atoms with E-state index in [1.54, 1.807) is 6.33 Å². The van der Waals surface area contributed by atoms with E-state index < -0.39 is 0 Å². The fraction of sp³-hybridized carbons (Fsp3) is 0.714. The van der Waals surface area contributed by atoms with Gasteiger partial charge in [0, 0.05) is 12.0 Å². The predicted molar refractivity (Wildman–Crippen MR) is 69.7 cm³/mol. The summed E-state index contributed by atoms with van der Waals surface area (Å²) < 4.78 is 5.83. The van der Waals surface area contributed by atoms with Gasteiger partial charge in [-0.15, -0.1) is 0 Å². The fourth-order valence-corrected chi connectivity index (χ4v) is 2.61. The van der Waals surface area contributed by atoms with Crippen LogP contribution in [0.3, 0.4) is 0 Å². The molecule has 2 aliphatic rings. The molecule has 1 aromatic rings. The molecule has 4 nitrogen and oxygen atoms in total. The van der Waals surface area contributed by atoms with Crippen molar-refractivity contribution in [2.75, 3.05) is 19.7 Å². The summed E-state index contributed by atoms with van der Waals surface area (Å²) in [7, 11) is 0. The lowest BCUT2D eigenvalue weighted by atomic mass is 9.83. The number of piperidine rings is 1. The summed E-state index contributed by atoms with van der Waals surface area (Å²) in [5.74, 6) is 2.08. The summed E-state index contributed by atoms with van der Waals surface area (Å²) in [6.07, 6.45) is 7.93. The van der Waals surface area contributed by atoms with Crippen molar-refractivity contribution in [1.82, 2.24) is 15.3 Å². The molecule has 0 aromatic carbocycles. The van der Waals surface area contributed by atoms with Crippen molar-refractivity contribution in [3.8, 4) is 5.88 Å². The van der Waals surface area contributed by atoms with Gasteiger partial charge in [-0.25, -0.2) is 9.97 Å². The molecular formula is C14H21N3O. The van der Waals surface area contributed by atoms with Gasteiger partial charge in [0.25, 0.3) is 0 Å². The fourth-order valence-electron chi connectivity index (χ4n) is 2.61. The Kier molecular flexibility index (Phi) is 3.74. The molecule has 1 saturated carbocycles. The molecule has 1 N–H and O–H groups in total. The summed E-state index contributed by atoms with van der Waals surface area (Å²) in [5, 5.41) is 3.37. The standard InChI is InChI=1S/C14H21N3O/c1-2-12(3-1)13-8-14(17-10-16-13)18-9-11-4-6-15-7-5-11/h8,10-12,15H,1-7,9H2. The summed E-state index contributed by atoms with van der Waals surface area (Å²) in [5.41, 5.74) is 1.16. The van der Waals surface area contributed by atoms with Crippen LogP contribution in [-0.4, -0.2) is 29.7 Å². The second-order valence-electron chi connectivity index (χ2n) is 5.41. The molecule has 0 bridgehead atoms. The highest BCUT2D eigenvalue weighted by Gasteiger charge is 2.21. The third-order valence-electron chi connectivity index (χ3n) is 4.11. The van der Waals surface area contributed by atoms with Gasteiger partial charge in [0.1, 0.15) is 6.33 Å². The lowest BCUT2D eigenvalue weighted by Gasteiger charge is -2.25. The molecule has 2 fully saturated rings. The summed E-state index contributed by atoms with van der Waals surface area (Å²) >= 11 is 0. The van der Waals surface area contributed by atoms with Crippen molar-refractivity contribution >= 4 is 0 Å². The second-order valence-corrected chi connectivity index (χ2v) is 5.41. The van der Waals surface area contributed by atoms with Gasteiger partial charge in [0.2, 0.25) is 5.88 Å². The molecule has 2 heterocycles. The third kappa shape index (κ3) is 2.80.